The van der Waals surface area contributed by atoms with E-state index in [9.17, 15) is 9.59 Å². The molecule has 118 valence electrons. The number of hydrogen-bond acceptors (Lipinski definition) is 5. The third kappa shape index (κ3) is 3.85. The number of carbonyl (C=O) groups excluding carboxylic acids is 2. The Bertz CT molecular complexity index is 650. The molecule has 0 amide bonds. The summed E-state index contributed by atoms with van der Waals surface area (Å²) in [6, 6.07) is 7.39. The third-order valence-electron chi connectivity index (χ3n) is 3.53. The van der Waals surface area contributed by atoms with E-state index < -0.39 is 6.04 Å². The Labute approximate surface area is 128 Å². The van der Waals surface area contributed by atoms with Crippen molar-refractivity contribution in [1.29, 1.82) is 0 Å². The first-order chi connectivity index (χ1) is 10.7. The number of ether oxygens (including phenoxy) is 2. The highest BCUT2D eigenvalue weighted by atomic mass is 16.5. The largest absolute Gasteiger partial charge is 0.469 e. The smallest absolute Gasteiger partial charge is 0.323 e. The summed E-state index contributed by atoms with van der Waals surface area (Å²) in [6.07, 6.45) is 2.58. The van der Waals surface area contributed by atoms with Crippen LogP contribution in [0.4, 0.5) is 0 Å². The second-order valence-corrected chi connectivity index (χ2v) is 4.92. The van der Waals surface area contributed by atoms with Crippen LogP contribution in [0.3, 0.4) is 0 Å². The van der Waals surface area contributed by atoms with E-state index in [-0.39, 0.29) is 18.4 Å². The maximum Gasteiger partial charge on any atom is 0.323 e. The van der Waals surface area contributed by atoms with Crippen LogP contribution in [0.5, 0.6) is 0 Å². The van der Waals surface area contributed by atoms with Gasteiger partial charge in [0.15, 0.2) is 0 Å². The number of carbonyl (C=O) groups is 2. The van der Waals surface area contributed by atoms with Crippen LogP contribution < -0.4 is 5.32 Å². The number of benzene rings is 1. The maximum absolute atomic E-state index is 11.9. The minimum absolute atomic E-state index is 0.206. The van der Waals surface area contributed by atoms with E-state index in [0.717, 1.165) is 16.5 Å². The SMILES string of the molecule is COC(=O)CCNC(Cc1c[nH]c2ccccc12)C(=O)OC. The van der Waals surface area contributed by atoms with Crippen LogP contribution >= 0.6 is 0 Å². The highest BCUT2D eigenvalue weighted by Gasteiger charge is 2.20. The monoisotopic (exact) mass is 304 g/mol. The van der Waals surface area contributed by atoms with E-state index in [1.165, 1.54) is 14.2 Å². The Hall–Kier alpha value is -2.34. The zero-order valence-electron chi connectivity index (χ0n) is 12.7. The Morgan fingerprint density at radius 1 is 1.23 bits per heavy atom. The van der Waals surface area contributed by atoms with Crippen molar-refractivity contribution >= 4 is 22.8 Å². The summed E-state index contributed by atoms with van der Waals surface area (Å²) in [4.78, 5) is 26.2. The minimum atomic E-state index is -0.506. The normalized spacial score (nSPS) is 12.1. The molecule has 22 heavy (non-hydrogen) atoms. The quantitative estimate of drug-likeness (QED) is 0.756. The molecule has 0 fully saturated rings. The Morgan fingerprint density at radius 2 is 2.00 bits per heavy atom. The number of nitrogens with one attached hydrogen (secondary N) is 2. The molecule has 0 aliphatic rings. The lowest BCUT2D eigenvalue weighted by Gasteiger charge is -2.15. The first kappa shape index (κ1) is 16.0. The van der Waals surface area contributed by atoms with Gasteiger partial charge in [0.2, 0.25) is 0 Å². The van der Waals surface area contributed by atoms with Gasteiger partial charge in [0.05, 0.1) is 20.6 Å². The molecule has 2 aromatic rings. The van der Waals surface area contributed by atoms with Gasteiger partial charge in [-0.05, 0) is 11.6 Å². The molecule has 1 atom stereocenters. The Kier molecular flexibility index (Phi) is 5.55. The standard InChI is InChI=1S/C16H20N2O4/c1-21-15(19)7-8-17-14(16(20)22-2)9-11-10-18-13-6-4-3-5-12(11)13/h3-6,10,14,17-18H,7-9H2,1-2H3. The number of esters is 2. The molecular formula is C16H20N2O4. The van der Waals surface area contributed by atoms with Crippen molar-refractivity contribution in [3.8, 4) is 0 Å². The van der Waals surface area contributed by atoms with Gasteiger partial charge in [0.1, 0.15) is 6.04 Å². The van der Waals surface area contributed by atoms with Crippen molar-refractivity contribution in [2.75, 3.05) is 20.8 Å². The number of hydrogen-bond donors (Lipinski definition) is 2. The number of H-pyrrole nitrogens is 1. The topological polar surface area (TPSA) is 80.4 Å². The maximum atomic E-state index is 11.9. The van der Waals surface area contributed by atoms with Crippen LogP contribution in [0.1, 0.15) is 12.0 Å². The van der Waals surface area contributed by atoms with Gasteiger partial charge in [0, 0.05) is 30.1 Å². The van der Waals surface area contributed by atoms with Crippen LogP contribution in [0, 0.1) is 0 Å². The molecular weight excluding hydrogens is 284 g/mol. The number of rotatable bonds is 7. The first-order valence-electron chi connectivity index (χ1n) is 7.08. The highest BCUT2D eigenvalue weighted by Crippen LogP contribution is 2.19. The summed E-state index contributed by atoms with van der Waals surface area (Å²) in [6.45, 7) is 0.356. The van der Waals surface area contributed by atoms with Gasteiger partial charge in [-0.2, -0.15) is 0 Å². The van der Waals surface area contributed by atoms with Gasteiger partial charge < -0.3 is 19.8 Å². The lowest BCUT2D eigenvalue weighted by Crippen LogP contribution is -2.40. The number of aromatic nitrogens is 1. The van der Waals surface area contributed by atoms with Crippen LogP contribution in [0.2, 0.25) is 0 Å². The van der Waals surface area contributed by atoms with Gasteiger partial charge in [0.25, 0.3) is 0 Å². The molecule has 0 aliphatic carbocycles. The fourth-order valence-corrected chi connectivity index (χ4v) is 2.35. The van der Waals surface area contributed by atoms with Crippen molar-refractivity contribution < 1.29 is 19.1 Å². The molecule has 0 bridgehead atoms. The Balaban J connectivity index is 2.06. The summed E-state index contributed by atoms with van der Waals surface area (Å²) in [7, 11) is 2.69. The second-order valence-electron chi connectivity index (χ2n) is 4.92. The molecule has 2 rings (SSSR count). The van der Waals surface area contributed by atoms with Crippen LogP contribution in [0.15, 0.2) is 30.5 Å². The van der Waals surface area contributed by atoms with Gasteiger partial charge in [-0.15, -0.1) is 0 Å². The van der Waals surface area contributed by atoms with E-state index in [4.69, 9.17) is 4.74 Å². The van der Waals surface area contributed by atoms with Crippen molar-refractivity contribution in [3.63, 3.8) is 0 Å². The molecule has 0 spiro atoms. The number of methoxy groups -OCH3 is 2. The lowest BCUT2D eigenvalue weighted by atomic mass is 10.0. The third-order valence-corrected chi connectivity index (χ3v) is 3.53. The molecule has 2 N–H and O–H groups in total. The second kappa shape index (κ2) is 7.61. The summed E-state index contributed by atoms with van der Waals surface area (Å²) in [5, 5.41) is 4.12. The fourth-order valence-electron chi connectivity index (χ4n) is 2.35. The number of aromatic amines is 1. The van der Waals surface area contributed by atoms with Crippen molar-refractivity contribution in [2.45, 2.75) is 18.9 Å². The number of fused-ring (bicyclic) bond motifs is 1. The zero-order valence-corrected chi connectivity index (χ0v) is 12.7. The molecule has 1 aromatic carbocycles. The van der Waals surface area contributed by atoms with Crippen LogP contribution in [0.25, 0.3) is 10.9 Å². The van der Waals surface area contributed by atoms with Crippen LogP contribution in [-0.4, -0.2) is 43.7 Å². The molecule has 0 aliphatic heterocycles. The van der Waals surface area contributed by atoms with Gasteiger partial charge in [-0.3, -0.25) is 9.59 Å². The molecule has 0 radical (unpaired) electrons. The molecule has 0 saturated heterocycles. The van der Waals surface area contributed by atoms with Gasteiger partial charge in [-0.1, -0.05) is 18.2 Å². The van der Waals surface area contributed by atoms with Crippen LogP contribution in [-0.2, 0) is 25.5 Å². The summed E-state index contributed by atoms with van der Waals surface area (Å²) < 4.78 is 9.41. The molecule has 6 heteroatoms. The first-order valence-corrected chi connectivity index (χ1v) is 7.08. The predicted octanol–water partition coefficient (Wildman–Crippen LogP) is 1.40. The van der Waals surface area contributed by atoms with Gasteiger partial charge >= 0.3 is 11.9 Å². The average molecular weight is 304 g/mol. The average Bonchev–Trinajstić information content (AvgIpc) is 2.96. The van der Waals surface area contributed by atoms with E-state index in [1.807, 2.05) is 30.5 Å². The van der Waals surface area contributed by atoms with Crippen molar-refractivity contribution in [3.05, 3.63) is 36.0 Å². The molecule has 6 nitrogen and oxygen atoms in total. The summed E-state index contributed by atoms with van der Waals surface area (Å²) in [5.74, 6) is -0.668. The zero-order chi connectivity index (χ0) is 15.9. The van der Waals surface area contributed by atoms with E-state index in [1.54, 1.807) is 0 Å². The summed E-state index contributed by atoms with van der Waals surface area (Å²) in [5.41, 5.74) is 2.05. The van der Waals surface area contributed by atoms with Crippen molar-refractivity contribution in [2.24, 2.45) is 0 Å². The molecule has 1 heterocycles. The summed E-state index contributed by atoms with van der Waals surface area (Å²) >= 11 is 0. The Morgan fingerprint density at radius 3 is 2.73 bits per heavy atom. The highest BCUT2D eigenvalue weighted by molar-refractivity contribution is 5.84. The van der Waals surface area contributed by atoms with Gasteiger partial charge in [-0.25, -0.2) is 0 Å². The molecule has 1 aromatic heterocycles. The van der Waals surface area contributed by atoms with E-state index in [0.29, 0.717) is 13.0 Å². The van der Waals surface area contributed by atoms with E-state index in [2.05, 4.69) is 15.0 Å². The fraction of sp³-hybridized carbons (Fsp3) is 0.375. The number of para-hydroxylation sites is 1. The van der Waals surface area contributed by atoms with E-state index >= 15 is 0 Å². The predicted molar refractivity (Wildman–Crippen MR) is 82.4 cm³/mol. The molecule has 0 saturated carbocycles. The molecule has 1 unspecified atom stereocenters. The lowest BCUT2D eigenvalue weighted by molar-refractivity contribution is -0.144. The minimum Gasteiger partial charge on any atom is -0.469 e. The van der Waals surface area contributed by atoms with Crippen molar-refractivity contribution in [1.82, 2.24) is 10.3 Å².